The van der Waals surface area contributed by atoms with Crippen LogP contribution in [0.15, 0.2) is 34.7 Å². The van der Waals surface area contributed by atoms with E-state index in [-0.39, 0.29) is 18.5 Å². The molecule has 0 atom stereocenters. The molecule has 0 fully saturated rings. The molecule has 2 aromatic carbocycles. The Morgan fingerprint density at radius 1 is 1.15 bits per heavy atom. The van der Waals surface area contributed by atoms with Crippen LogP contribution >= 0.6 is 11.6 Å². The van der Waals surface area contributed by atoms with E-state index in [1.807, 2.05) is 13.8 Å². The Hall–Kier alpha value is -3.06. The zero-order chi connectivity index (χ0) is 19.6. The molecule has 3 rings (SSSR count). The average Bonchev–Trinajstić information content (AvgIpc) is 2.98. The van der Waals surface area contributed by atoms with E-state index < -0.39 is 5.91 Å². The summed E-state index contributed by atoms with van der Waals surface area (Å²) >= 11 is 6.12. The Bertz CT molecular complexity index is 1010. The Labute approximate surface area is 160 Å². The van der Waals surface area contributed by atoms with Crippen molar-refractivity contribution in [3.63, 3.8) is 0 Å². The van der Waals surface area contributed by atoms with Crippen molar-refractivity contribution in [3.8, 4) is 5.75 Å². The van der Waals surface area contributed by atoms with E-state index in [0.29, 0.717) is 27.6 Å². The highest BCUT2D eigenvalue weighted by Gasteiger charge is 2.12. The molecule has 8 heteroatoms. The minimum atomic E-state index is -0.408. The van der Waals surface area contributed by atoms with E-state index >= 15 is 0 Å². The summed E-state index contributed by atoms with van der Waals surface area (Å²) in [5.74, 6) is -0.0387. The summed E-state index contributed by atoms with van der Waals surface area (Å²) in [4.78, 5) is 27.4. The Morgan fingerprint density at radius 3 is 2.52 bits per heavy atom. The number of hydrogen-bond acceptors (Lipinski definition) is 5. The van der Waals surface area contributed by atoms with Crippen molar-refractivity contribution < 1.29 is 18.7 Å². The number of oxazole rings is 1. The number of aromatic nitrogens is 1. The number of carbonyl (C=O) groups excluding carboxylic acids is 2. The molecule has 3 aromatic rings. The van der Waals surface area contributed by atoms with Crippen LogP contribution in [0, 0.1) is 13.8 Å². The summed E-state index contributed by atoms with van der Waals surface area (Å²) < 4.78 is 11.0. The topological polar surface area (TPSA) is 93.5 Å². The van der Waals surface area contributed by atoms with Crippen LogP contribution in [0.2, 0.25) is 5.02 Å². The van der Waals surface area contributed by atoms with Crippen LogP contribution in [0.5, 0.6) is 5.75 Å². The van der Waals surface area contributed by atoms with E-state index in [4.69, 9.17) is 20.8 Å². The fourth-order valence-corrected chi connectivity index (χ4v) is 2.66. The lowest BCUT2D eigenvalue weighted by Crippen LogP contribution is -2.20. The molecule has 0 aliphatic carbocycles. The summed E-state index contributed by atoms with van der Waals surface area (Å²) in [6, 6.07) is 8.62. The maximum absolute atomic E-state index is 12.1. The van der Waals surface area contributed by atoms with Gasteiger partial charge in [0.25, 0.3) is 5.91 Å². The number of rotatable bonds is 5. The van der Waals surface area contributed by atoms with Crippen molar-refractivity contribution in [3.05, 3.63) is 46.5 Å². The molecular weight excluding hydrogens is 370 g/mol. The molecule has 27 heavy (non-hydrogen) atoms. The summed E-state index contributed by atoms with van der Waals surface area (Å²) in [7, 11) is 0. The third-order valence-electron chi connectivity index (χ3n) is 3.74. The Kier molecular flexibility index (Phi) is 5.32. The largest absolute Gasteiger partial charge is 0.484 e. The van der Waals surface area contributed by atoms with E-state index in [1.54, 1.807) is 30.3 Å². The summed E-state index contributed by atoms with van der Waals surface area (Å²) in [5.41, 5.74) is 3.34. The maximum Gasteiger partial charge on any atom is 0.302 e. The molecule has 140 valence electrons. The first kappa shape index (κ1) is 18.7. The van der Waals surface area contributed by atoms with Gasteiger partial charge in [-0.2, -0.15) is 4.98 Å². The van der Waals surface area contributed by atoms with Gasteiger partial charge in [0.2, 0.25) is 5.91 Å². The molecule has 0 aliphatic heterocycles. The van der Waals surface area contributed by atoms with Crippen LogP contribution in [0.1, 0.15) is 18.1 Å². The van der Waals surface area contributed by atoms with Crippen molar-refractivity contribution in [2.75, 3.05) is 17.2 Å². The maximum atomic E-state index is 12.1. The van der Waals surface area contributed by atoms with E-state index in [1.165, 1.54) is 6.92 Å². The monoisotopic (exact) mass is 387 g/mol. The van der Waals surface area contributed by atoms with Crippen molar-refractivity contribution in [1.82, 2.24) is 4.98 Å². The van der Waals surface area contributed by atoms with E-state index in [0.717, 1.165) is 11.1 Å². The minimum absolute atomic E-state index is 0.0574. The normalized spacial score (nSPS) is 10.7. The number of benzene rings is 2. The smallest absolute Gasteiger partial charge is 0.302 e. The van der Waals surface area contributed by atoms with Gasteiger partial charge in [-0.3, -0.25) is 14.9 Å². The molecule has 0 aliphatic rings. The van der Waals surface area contributed by atoms with Gasteiger partial charge in [0.1, 0.15) is 11.3 Å². The molecule has 0 bridgehead atoms. The number of nitrogens with one attached hydrogen (secondary N) is 2. The van der Waals surface area contributed by atoms with Crippen LogP contribution in [-0.2, 0) is 9.59 Å². The van der Waals surface area contributed by atoms with Gasteiger partial charge >= 0.3 is 6.01 Å². The van der Waals surface area contributed by atoms with Gasteiger partial charge in [-0.25, -0.2) is 0 Å². The second-order valence-corrected chi connectivity index (χ2v) is 6.47. The highest BCUT2D eigenvalue weighted by Crippen LogP contribution is 2.26. The van der Waals surface area contributed by atoms with Gasteiger partial charge in [0.15, 0.2) is 12.2 Å². The molecule has 0 spiro atoms. The Balaban J connectivity index is 1.64. The number of aryl methyl sites for hydroxylation is 2. The molecule has 2 amide bonds. The quantitative estimate of drug-likeness (QED) is 0.688. The van der Waals surface area contributed by atoms with Gasteiger partial charge in [-0.15, -0.1) is 0 Å². The first-order chi connectivity index (χ1) is 12.8. The second-order valence-electron chi connectivity index (χ2n) is 6.09. The molecule has 0 unspecified atom stereocenters. The fourth-order valence-electron chi connectivity index (χ4n) is 2.55. The first-order valence-corrected chi connectivity index (χ1v) is 8.57. The number of fused-ring (bicyclic) bond motifs is 1. The number of halogens is 1. The third kappa shape index (κ3) is 4.57. The van der Waals surface area contributed by atoms with Gasteiger partial charge < -0.3 is 14.5 Å². The number of amides is 2. The molecule has 1 heterocycles. The van der Waals surface area contributed by atoms with Gasteiger partial charge in [-0.05, 0) is 49.2 Å². The lowest BCUT2D eigenvalue weighted by Gasteiger charge is -2.09. The molecular formula is C19H18ClN3O4. The van der Waals surface area contributed by atoms with Crippen molar-refractivity contribution in [2.24, 2.45) is 0 Å². The molecule has 7 nitrogen and oxygen atoms in total. The summed E-state index contributed by atoms with van der Waals surface area (Å²) in [5, 5.41) is 5.88. The predicted molar refractivity (Wildman–Crippen MR) is 103 cm³/mol. The van der Waals surface area contributed by atoms with Gasteiger partial charge in [-0.1, -0.05) is 11.6 Å². The molecule has 1 aromatic heterocycles. The molecule has 2 N–H and O–H groups in total. The van der Waals surface area contributed by atoms with Crippen LogP contribution < -0.4 is 15.4 Å². The van der Waals surface area contributed by atoms with Crippen LogP contribution in [0.25, 0.3) is 11.1 Å². The Morgan fingerprint density at radius 2 is 1.85 bits per heavy atom. The highest BCUT2D eigenvalue weighted by molar-refractivity contribution is 6.32. The third-order valence-corrected chi connectivity index (χ3v) is 4.33. The second kappa shape index (κ2) is 7.67. The van der Waals surface area contributed by atoms with Crippen molar-refractivity contribution in [2.45, 2.75) is 20.8 Å². The number of ether oxygens (including phenoxy) is 1. The van der Waals surface area contributed by atoms with Gasteiger partial charge in [0.05, 0.1) is 0 Å². The fraction of sp³-hybridized carbons (Fsp3) is 0.211. The van der Waals surface area contributed by atoms with Crippen molar-refractivity contribution in [1.29, 1.82) is 0 Å². The van der Waals surface area contributed by atoms with E-state index in [9.17, 15) is 9.59 Å². The zero-order valence-corrected chi connectivity index (χ0v) is 15.8. The summed E-state index contributed by atoms with van der Waals surface area (Å²) in [6.45, 7) is 4.96. The zero-order valence-electron chi connectivity index (χ0n) is 15.1. The lowest BCUT2D eigenvalue weighted by molar-refractivity contribution is -0.118. The minimum Gasteiger partial charge on any atom is -0.484 e. The molecule has 0 saturated heterocycles. The van der Waals surface area contributed by atoms with E-state index in [2.05, 4.69) is 15.6 Å². The molecule has 0 radical (unpaired) electrons. The lowest BCUT2D eigenvalue weighted by atomic mass is 10.1. The van der Waals surface area contributed by atoms with Crippen LogP contribution in [-0.4, -0.2) is 23.4 Å². The standard InChI is InChI=1S/C19H18ClN3O4/c1-10-6-14(7-11(2)18(10)20)26-9-17(25)23-19-22-15-5-4-13(21-12(3)24)8-16(15)27-19/h4-8H,9H2,1-3H3,(H,21,24)(H,22,23,25). The van der Waals surface area contributed by atoms with Crippen LogP contribution in [0.4, 0.5) is 11.7 Å². The molecule has 0 saturated carbocycles. The SMILES string of the molecule is CC(=O)Nc1ccc2nc(NC(=O)COc3cc(C)c(Cl)c(C)c3)oc2c1. The number of carbonyl (C=O) groups is 2. The average molecular weight is 388 g/mol. The van der Waals surface area contributed by atoms with Crippen LogP contribution in [0.3, 0.4) is 0 Å². The first-order valence-electron chi connectivity index (χ1n) is 8.19. The van der Waals surface area contributed by atoms with Crippen molar-refractivity contribution >= 4 is 46.2 Å². The highest BCUT2D eigenvalue weighted by atomic mass is 35.5. The summed E-state index contributed by atoms with van der Waals surface area (Å²) in [6.07, 6.45) is 0. The number of nitrogens with zero attached hydrogens (tertiary/aromatic N) is 1. The predicted octanol–water partition coefficient (Wildman–Crippen LogP) is 4.07. The van der Waals surface area contributed by atoms with Gasteiger partial charge in [0, 0.05) is 23.7 Å². The number of hydrogen-bond donors (Lipinski definition) is 2. The number of anilines is 2.